The molecule has 0 aromatic rings. The molecule has 14 heavy (non-hydrogen) atoms. The zero-order chi connectivity index (χ0) is 10.8. The molecule has 2 N–H and O–H groups in total. The molecule has 0 bridgehead atoms. The molecule has 1 unspecified atom stereocenters. The molecule has 1 amide bonds. The zero-order valence-electron chi connectivity index (χ0n) is 8.95. The molecule has 1 rings (SSSR count). The summed E-state index contributed by atoms with van der Waals surface area (Å²) < 4.78 is 10.4. The standard InChI is InChI=1S/C9H18N2O3/c1-9(13-2,14-3)6-11-5-7(10)4-8(11)12/h7H,4-6,10H2,1-3H3. The van der Waals surface area contributed by atoms with Gasteiger partial charge in [0.05, 0.1) is 6.54 Å². The van der Waals surface area contributed by atoms with E-state index in [9.17, 15) is 4.79 Å². The molecule has 1 saturated heterocycles. The number of carbonyl (C=O) groups excluding carboxylic acids is 1. The number of carbonyl (C=O) groups is 1. The lowest BCUT2D eigenvalue weighted by atomic mass is 10.3. The van der Waals surface area contributed by atoms with Crippen molar-refractivity contribution in [3.63, 3.8) is 0 Å². The molecule has 1 aliphatic rings. The molecule has 0 radical (unpaired) electrons. The Morgan fingerprint density at radius 1 is 1.57 bits per heavy atom. The first-order chi connectivity index (χ1) is 6.50. The Morgan fingerprint density at radius 2 is 2.14 bits per heavy atom. The molecular weight excluding hydrogens is 184 g/mol. The van der Waals surface area contributed by atoms with E-state index in [2.05, 4.69) is 0 Å². The van der Waals surface area contributed by atoms with Crippen molar-refractivity contribution < 1.29 is 14.3 Å². The number of hydrogen-bond acceptors (Lipinski definition) is 4. The summed E-state index contributed by atoms with van der Waals surface area (Å²) in [6, 6.07) is -0.0551. The van der Waals surface area contributed by atoms with Crippen molar-refractivity contribution >= 4 is 5.91 Å². The van der Waals surface area contributed by atoms with Gasteiger partial charge in [0, 0.05) is 33.2 Å². The maximum atomic E-state index is 11.4. The number of ether oxygens (including phenoxy) is 2. The summed E-state index contributed by atoms with van der Waals surface area (Å²) >= 11 is 0. The molecule has 1 heterocycles. The summed E-state index contributed by atoms with van der Waals surface area (Å²) in [5.74, 6) is -0.669. The lowest BCUT2D eigenvalue weighted by molar-refractivity contribution is -0.203. The minimum Gasteiger partial charge on any atom is -0.352 e. The fourth-order valence-corrected chi connectivity index (χ4v) is 1.51. The Kier molecular flexibility index (Phi) is 3.47. The van der Waals surface area contributed by atoms with Gasteiger partial charge in [-0.05, 0) is 6.92 Å². The van der Waals surface area contributed by atoms with E-state index in [1.54, 1.807) is 26.0 Å². The Balaban J connectivity index is 2.55. The van der Waals surface area contributed by atoms with Crippen molar-refractivity contribution in [1.82, 2.24) is 4.90 Å². The Hall–Kier alpha value is -0.650. The molecule has 0 saturated carbocycles. The van der Waals surface area contributed by atoms with Gasteiger partial charge in [0.25, 0.3) is 0 Å². The predicted octanol–water partition coefficient (Wildman–Crippen LogP) is -0.445. The molecule has 1 atom stereocenters. The predicted molar refractivity (Wildman–Crippen MR) is 51.6 cm³/mol. The minimum atomic E-state index is -0.736. The number of likely N-dealkylation sites (tertiary alicyclic amines) is 1. The third-order valence-corrected chi connectivity index (χ3v) is 2.59. The molecule has 5 nitrogen and oxygen atoms in total. The average molecular weight is 202 g/mol. The fraction of sp³-hybridized carbons (Fsp3) is 0.889. The normalized spacial score (nSPS) is 23.3. The van der Waals surface area contributed by atoms with Crippen LogP contribution < -0.4 is 5.73 Å². The van der Waals surface area contributed by atoms with E-state index in [4.69, 9.17) is 15.2 Å². The number of nitrogens with zero attached hydrogens (tertiary/aromatic N) is 1. The van der Waals surface area contributed by atoms with Gasteiger partial charge < -0.3 is 20.1 Å². The van der Waals surface area contributed by atoms with Gasteiger partial charge >= 0.3 is 0 Å². The van der Waals surface area contributed by atoms with Crippen LogP contribution in [0.15, 0.2) is 0 Å². The smallest absolute Gasteiger partial charge is 0.224 e. The maximum absolute atomic E-state index is 11.4. The maximum Gasteiger partial charge on any atom is 0.224 e. The quantitative estimate of drug-likeness (QED) is 0.627. The van der Waals surface area contributed by atoms with Crippen molar-refractivity contribution in [2.24, 2.45) is 5.73 Å². The highest BCUT2D eigenvalue weighted by molar-refractivity contribution is 5.79. The van der Waals surface area contributed by atoms with Crippen LogP contribution in [0.2, 0.25) is 0 Å². The van der Waals surface area contributed by atoms with Crippen molar-refractivity contribution in [2.45, 2.75) is 25.2 Å². The summed E-state index contributed by atoms with van der Waals surface area (Å²) in [5.41, 5.74) is 5.67. The van der Waals surface area contributed by atoms with Gasteiger partial charge in [0.2, 0.25) is 5.91 Å². The van der Waals surface area contributed by atoms with Gasteiger partial charge in [-0.15, -0.1) is 0 Å². The Bertz CT molecular complexity index is 216. The zero-order valence-corrected chi connectivity index (χ0v) is 8.95. The van der Waals surface area contributed by atoms with E-state index in [-0.39, 0.29) is 11.9 Å². The second-order valence-electron chi connectivity index (χ2n) is 3.78. The topological polar surface area (TPSA) is 64.8 Å². The number of hydrogen-bond donors (Lipinski definition) is 1. The highest BCUT2D eigenvalue weighted by atomic mass is 16.7. The van der Waals surface area contributed by atoms with Crippen LogP contribution in [-0.4, -0.2) is 49.9 Å². The van der Waals surface area contributed by atoms with E-state index >= 15 is 0 Å². The Morgan fingerprint density at radius 3 is 2.50 bits per heavy atom. The lowest BCUT2D eigenvalue weighted by Gasteiger charge is -2.31. The third kappa shape index (κ3) is 2.43. The molecule has 82 valence electrons. The van der Waals surface area contributed by atoms with E-state index in [0.29, 0.717) is 19.5 Å². The second-order valence-corrected chi connectivity index (χ2v) is 3.78. The number of rotatable bonds is 4. The highest BCUT2D eigenvalue weighted by Gasteiger charge is 2.34. The second kappa shape index (κ2) is 4.25. The number of amides is 1. The van der Waals surface area contributed by atoms with Crippen molar-refractivity contribution in [1.29, 1.82) is 0 Å². The lowest BCUT2D eigenvalue weighted by Crippen LogP contribution is -2.44. The fourth-order valence-electron chi connectivity index (χ4n) is 1.51. The SMILES string of the molecule is COC(C)(CN1CC(N)CC1=O)OC. The molecule has 0 aromatic carbocycles. The molecule has 0 spiro atoms. The molecule has 1 aliphatic heterocycles. The van der Waals surface area contributed by atoms with Gasteiger partial charge in [-0.1, -0.05) is 0 Å². The molecule has 5 heteroatoms. The first kappa shape index (κ1) is 11.4. The van der Waals surface area contributed by atoms with Gasteiger partial charge in [-0.25, -0.2) is 0 Å². The van der Waals surface area contributed by atoms with Crippen LogP contribution in [0, 0.1) is 0 Å². The van der Waals surface area contributed by atoms with E-state index < -0.39 is 5.79 Å². The van der Waals surface area contributed by atoms with Crippen LogP contribution >= 0.6 is 0 Å². The summed E-state index contributed by atoms with van der Waals surface area (Å²) in [6.07, 6.45) is 0.420. The van der Waals surface area contributed by atoms with Crippen LogP contribution in [0.4, 0.5) is 0 Å². The summed E-state index contributed by atoms with van der Waals surface area (Å²) in [7, 11) is 3.12. The Labute approximate surface area is 84.1 Å². The van der Waals surface area contributed by atoms with Crippen LogP contribution in [0.5, 0.6) is 0 Å². The van der Waals surface area contributed by atoms with E-state index in [1.807, 2.05) is 0 Å². The molecular formula is C9H18N2O3. The summed E-state index contributed by atoms with van der Waals surface area (Å²) in [6.45, 7) is 2.80. The largest absolute Gasteiger partial charge is 0.352 e. The van der Waals surface area contributed by atoms with Gasteiger partial charge in [-0.3, -0.25) is 4.79 Å². The van der Waals surface area contributed by atoms with Gasteiger partial charge in [0.15, 0.2) is 5.79 Å². The van der Waals surface area contributed by atoms with Crippen LogP contribution in [0.25, 0.3) is 0 Å². The number of nitrogens with two attached hydrogens (primary N) is 1. The molecule has 1 fully saturated rings. The first-order valence-corrected chi connectivity index (χ1v) is 4.64. The van der Waals surface area contributed by atoms with E-state index in [0.717, 1.165) is 0 Å². The monoisotopic (exact) mass is 202 g/mol. The minimum absolute atomic E-state index is 0.0551. The average Bonchev–Trinajstić information content (AvgIpc) is 2.45. The van der Waals surface area contributed by atoms with Crippen LogP contribution in [0.1, 0.15) is 13.3 Å². The first-order valence-electron chi connectivity index (χ1n) is 4.64. The van der Waals surface area contributed by atoms with Gasteiger partial charge in [0.1, 0.15) is 0 Å². The van der Waals surface area contributed by atoms with Gasteiger partial charge in [-0.2, -0.15) is 0 Å². The molecule has 0 aliphatic carbocycles. The molecule has 0 aromatic heterocycles. The third-order valence-electron chi connectivity index (χ3n) is 2.59. The summed E-state index contributed by atoms with van der Waals surface area (Å²) in [5, 5.41) is 0. The van der Waals surface area contributed by atoms with Crippen molar-refractivity contribution in [3.05, 3.63) is 0 Å². The van der Waals surface area contributed by atoms with Crippen LogP contribution in [-0.2, 0) is 14.3 Å². The summed E-state index contributed by atoms with van der Waals surface area (Å²) in [4.78, 5) is 13.1. The number of methoxy groups -OCH3 is 2. The van der Waals surface area contributed by atoms with Crippen molar-refractivity contribution in [3.8, 4) is 0 Å². The van der Waals surface area contributed by atoms with Crippen molar-refractivity contribution in [2.75, 3.05) is 27.3 Å². The van der Waals surface area contributed by atoms with Crippen LogP contribution in [0.3, 0.4) is 0 Å². The van der Waals surface area contributed by atoms with E-state index in [1.165, 1.54) is 0 Å². The highest BCUT2D eigenvalue weighted by Crippen LogP contribution is 2.17.